The first-order valence-electron chi connectivity index (χ1n) is 21.0. The number of aliphatic hydroxyl groups excluding tert-OH is 2. The van der Waals surface area contributed by atoms with Crippen molar-refractivity contribution in [2.45, 2.75) is 157 Å². The van der Waals surface area contributed by atoms with Crippen molar-refractivity contribution < 1.29 is 72.5 Å². The highest BCUT2D eigenvalue weighted by molar-refractivity contribution is 6.10. The quantitative estimate of drug-likeness (QED) is 0.150. The van der Waals surface area contributed by atoms with E-state index in [1.54, 1.807) is 73.6 Å². The Balaban J connectivity index is 2.01. The summed E-state index contributed by atoms with van der Waals surface area (Å²) in [6.45, 7) is 20.0. The van der Waals surface area contributed by atoms with E-state index >= 15 is 4.79 Å². The molecule has 0 spiro atoms. The number of hydrogen-bond donors (Lipinski definition) is 4. The van der Waals surface area contributed by atoms with Gasteiger partial charge in [0.15, 0.2) is 17.5 Å². The van der Waals surface area contributed by atoms with Gasteiger partial charge in [0.1, 0.15) is 23.4 Å². The number of carbonyl (C=O) groups is 6. The second kappa shape index (κ2) is 18.6. The molecule has 1 aromatic rings. The fourth-order valence-corrected chi connectivity index (χ4v) is 8.57. The molecule has 8 atom stereocenters. The predicted molar refractivity (Wildman–Crippen MR) is 223 cm³/mol. The van der Waals surface area contributed by atoms with E-state index in [0.29, 0.717) is 0 Å². The fraction of sp³-hybridized carbons (Fsp3) is 0.652. The van der Waals surface area contributed by atoms with Crippen molar-refractivity contribution in [3.8, 4) is 0 Å². The lowest BCUT2D eigenvalue weighted by atomic mass is 9.53. The van der Waals surface area contributed by atoms with Gasteiger partial charge in [-0.1, -0.05) is 45.9 Å². The van der Waals surface area contributed by atoms with Gasteiger partial charge in [-0.2, -0.15) is 0 Å². The number of esters is 4. The average Bonchev–Trinajstić information content (AvgIpc) is 3.14. The van der Waals surface area contributed by atoms with E-state index in [1.807, 2.05) is 0 Å². The first kappa shape index (κ1) is 50.0. The number of aliphatic hydroxyl groups is 3. The first-order valence-corrected chi connectivity index (χ1v) is 21.0. The van der Waals surface area contributed by atoms with Gasteiger partial charge in [0.25, 0.3) is 0 Å². The Labute approximate surface area is 363 Å². The Morgan fingerprint density at radius 2 is 1.60 bits per heavy atom. The van der Waals surface area contributed by atoms with Crippen molar-refractivity contribution in [3.05, 3.63) is 58.4 Å². The van der Waals surface area contributed by atoms with Gasteiger partial charge in [0, 0.05) is 30.8 Å². The number of ether oxygens (including phenoxy) is 6. The Hall–Kier alpha value is -4.64. The molecule has 62 heavy (non-hydrogen) atoms. The molecule has 4 N–H and O–H groups in total. The minimum Gasteiger partial charge on any atom is -0.465 e. The van der Waals surface area contributed by atoms with Crippen LogP contribution >= 0.6 is 0 Å². The maximum atomic E-state index is 15.2. The summed E-state index contributed by atoms with van der Waals surface area (Å²) >= 11 is 0. The number of nitrogens with one attached hydrogen (secondary N) is 1. The molecule has 0 radical (unpaired) electrons. The summed E-state index contributed by atoms with van der Waals surface area (Å²) < 4.78 is 35.4. The molecule has 1 heterocycles. The normalized spacial score (nSPS) is 28.4. The molecule has 1 saturated heterocycles. The second-order valence-corrected chi connectivity index (χ2v) is 19.6. The zero-order chi connectivity index (χ0) is 46.9. The Morgan fingerprint density at radius 1 is 0.984 bits per heavy atom. The summed E-state index contributed by atoms with van der Waals surface area (Å²) in [6.07, 6.45) is -7.83. The Bertz CT molecular complexity index is 1950. The zero-order valence-electron chi connectivity index (χ0n) is 38.2. The van der Waals surface area contributed by atoms with Gasteiger partial charge in [0.2, 0.25) is 5.78 Å². The summed E-state index contributed by atoms with van der Waals surface area (Å²) in [5, 5.41) is 39.0. The number of amides is 1. The minimum atomic E-state index is -2.30. The van der Waals surface area contributed by atoms with Gasteiger partial charge < -0.3 is 49.1 Å². The number of Topliss-reactive ketones (excluding diaryl/α,β-unsaturated/α-hetero) is 1. The third-order valence-corrected chi connectivity index (χ3v) is 11.8. The minimum absolute atomic E-state index is 0.0759. The summed E-state index contributed by atoms with van der Waals surface area (Å²) in [4.78, 5) is 82.5. The summed E-state index contributed by atoms with van der Waals surface area (Å²) in [7, 11) is 0. The molecule has 1 aromatic carbocycles. The molecular formula is C46H65NO15. The summed E-state index contributed by atoms with van der Waals surface area (Å²) in [5.41, 5.74) is -7.74. The van der Waals surface area contributed by atoms with Crippen LogP contribution in [0.4, 0.5) is 4.79 Å². The molecular weight excluding hydrogens is 806 g/mol. The number of alkyl carbamates (subject to hydrolysis) is 1. The fourth-order valence-electron chi connectivity index (χ4n) is 8.57. The van der Waals surface area contributed by atoms with Crippen LogP contribution in [0.15, 0.2) is 52.8 Å². The number of benzene rings is 1. The zero-order valence-corrected chi connectivity index (χ0v) is 38.2. The monoisotopic (exact) mass is 871 g/mol. The number of hydrogen-bond acceptors (Lipinski definition) is 15. The van der Waals surface area contributed by atoms with Crippen LogP contribution in [0, 0.1) is 22.7 Å². The van der Waals surface area contributed by atoms with E-state index < -0.39 is 112 Å². The smallest absolute Gasteiger partial charge is 0.407 e. The van der Waals surface area contributed by atoms with Crippen LogP contribution in [0.3, 0.4) is 0 Å². The molecule has 0 aromatic heterocycles. The van der Waals surface area contributed by atoms with E-state index in [1.165, 1.54) is 39.8 Å². The second-order valence-electron chi connectivity index (χ2n) is 19.6. The molecule has 0 unspecified atom stereocenters. The van der Waals surface area contributed by atoms with Crippen molar-refractivity contribution >= 4 is 35.8 Å². The van der Waals surface area contributed by atoms with Crippen molar-refractivity contribution in [1.82, 2.24) is 5.32 Å². The highest BCUT2D eigenvalue weighted by Gasteiger charge is 2.69. The van der Waals surface area contributed by atoms with Gasteiger partial charge in [-0.3, -0.25) is 14.4 Å². The molecule has 16 nitrogen and oxygen atoms in total. The highest BCUT2D eigenvalue weighted by atomic mass is 16.6. The highest BCUT2D eigenvalue weighted by Crippen LogP contribution is 2.58. The molecule has 2 aliphatic carbocycles. The lowest BCUT2D eigenvalue weighted by Gasteiger charge is -2.60. The third-order valence-electron chi connectivity index (χ3n) is 11.8. The maximum Gasteiger partial charge on any atom is 0.407 e. The number of fused-ring (bicyclic) bond motifs is 2. The van der Waals surface area contributed by atoms with E-state index in [-0.39, 0.29) is 54.3 Å². The SMILES string of the molecule is CC(=O)O[C@@]1([C@@H]2/C(C)=C(/OC(=O)[C@@H](O)[C@@H](CC(C)C)NC(=O)OC(C)(C)C)C(=O)C3=C(C)[C@@H](O)C[C@@](O)([C@H]2OC(=O)c2ccccc2)C3(C)C)CO[C@@H]1CCOC(=O)C(C)(C)C. The average molecular weight is 872 g/mol. The van der Waals surface area contributed by atoms with E-state index in [4.69, 9.17) is 28.4 Å². The third kappa shape index (κ3) is 10.4. The Morgan fingerprint density at radius 3 is 2.11 bits per heavy atom. The van der Waals surface area contributed by atoms with Crippen molar-refractivity contribution in [2.24, 2.45) is 22.7 Å². The molecule has 2 bridgehead atoms. The van der Waals surface area contributed by atoms with Gasteiger partial charge >= 0.3 is 30.0 Å². The lowest BCUT2D eigenvalue weighted by Crippen LogP contribution is -2.73. The number of ketones is 1. The van der Waals surface area contributed by atoms with Gasteiger partial charge in [-0.25, -0.2) is 14.4 Å². The number of rotatable bonds is 13. The molecule has 1 fully saturated rings. The number of allylic oxidation sites excluding steroid dienone is 1. The summed E-state index contributed by atoms with van der Waals surface area (Å²) in [5.74, 6) is -6.98. The van der Waals surface area contributed by atoms with Gasteiger partial charge in [-0.05, 0) is 91.0 Å². The van der Waals surface area contributed by atoms with Crippen LogP contribution in [-0.4, -0.2) is 112 Å². The van der Waals surface area contributed by atoms with Crippen LogP contribution in [0.2, 0.25) is 0 Å². The lowest BCUT2D eigenvalue weighted by molar-refractivity contribution is -0.295. The van der Waals surface area contributed by atoms with E-state index in [0.717, 1.165) is 6.92 Å². The van der Waals surface area contributed by atoms with Crippen LogP contribution in [0.1, 0.15) is 120 Å². The molecule has 16 heteroatoms. The predicted octanol–water partition coefficient (Wildman–Crippen LogP) is 5.05. The van der Waals surface area contributed by atoms with E-state index in [9.17, 15) is 39.3 Å². The molecule has 3 aliphatic rings. The number of carbonyl (C=O) groups excluding carboxylic acids is 6. The van der Waals surface area contributed by atoms with Crippen molar-refractivity contribution in [2.75, 3.05) is 13.2 Å². The van der Waals surface area contributed by atoms with Crippen LogP contribution < -0.4 is 5.32 Å². The summed E-state index contributed by atoms with van der Waals surface area (Å²) in [6, 6.07) is 6.60. The van der Waals surface area contributed by atoms with Crippen LogP contribution in [0.5, 0.6) is 0 Å². The maximum absolute atomic E-state index is 15.2. The molecule has 1 aliphatic heterocycles. The van der Waals surface area contributed by atoms with Crippen molar-refractivity contribution in [1.29, 1.82) is 0 Å². The van der Waals surface area contributed by atoms with E-state index in [2.05, 4.69) is 5.32 Å². The molecule has 1 amide bonds. The van der Waals surface area contributed by atoms with Crippen LogP contribution in [0.25, 0.3) is 0 Å². The Kier molecular flexibility index (Phi) is 15.0. The molecule has 344 valence electrons. The van der Waals surface area contributed by atoms with Crippen LogP contribution in [-0.2, 0) is 47.6 Å². The topological polar surface area (TPSA) is 231 Å². The van der Waals surface area contributed by atoms with Gasteiger partial charge in [-0.15, -0.1) is 0 Å². The van der Waals surface area contributed by atoms with Crippen molar-refractivity contribution in [3.63, 3.8) is 0 Å². The standard InChI is InChI=1S/C46H65NO15/c1-24(2)21-29(47-41(55)62-43(9,10)11)34(50)39(53)59-36-26(4)33(45(61-27(5)48)23-58-31(45)19-20-57-40(54)42(6,7)8)37(60-38(52)28-17-15-14-16-18-28)46(56)22-30(49)25(3)32(35(36)51)44(46,12)13/h14-18,24,29-31,33-34,37,49-50,56H,19-23H2,1-13H3,(H,47,55)/b36-26+/t29-,30+,31-,33-,34+,37+,45+,46-/m1/s1. The first-order chi connectivity index (χ1) is 28.5. The largest absolute Gasteiger partial charge is 0.465 e. The van der Waals surface area contributed by atoms with Gasteiger partial charge in [0.05, 0.1) is 42.3 Å². The molecule has 4 rings (SSSR count). The molecule has 0 saturated carbocycles.